The number of nitrogens with zero attached hydrogens (tertiary/aromatic N) is 2. The van der Waals surface area contributed by atoms with Gasteiger partial charge >= 0.3 is 0 Å². The average molecular weight is 371 g/mol. The van der Waals surface area contributed by atoms with Crippen molar-refractivity contribution in [1.82, 2.24) is 14.7 Å². The molecule has 1 N–H and O–H groups in total. The largest absolute Gasteiger partial charge is 0.465 e. The van der Waals surface area contributed by atoms with E-state index in [4.69, 9.17) is 4.42 Å². The molecule has 1 unspecified atom stereocenters. The molecular formula is C23H21N3O2. The summed E-state index contributed by atoms with van der Waals surface area (Å²) in [6, 6.07) is 15.3. The summed E-state index contributed by atoms with van der Waals surface area (Å²) in [4.78, 5) is 17.2. The monoisotopic (exact) mass is 371 g/mol. The Hall–Kier alpha value is -3.60. The normalized spacial score (nSPS) is 12.5. The van der Waals surface area contributed by atoms with Crippen LogP contribution < -0.4 is 5.32 Å². The summed E-state index contributed by atoms with van der Waals surface area (Å²) in [7, 11) is 0. The summed E-state index contributed by atoms with van der Waals surface area (Å²) < 4.78 is 7.27. The molecule has 0 saturated heterocycles. The summed E-state index contributed by atoms with van der Waals surface area (Å²) in [6.07, 6.45) is 8.51. The molecule has 0 fully saturated rings. The highest BCUT2D eigenvalue weighted by Gasteiger charge is 2.23. The molecule has 4 rings (SSSR count). The van der Waals surface area contributed by atoms with Crippen LogP contribution in [-0.4, -0.2) is 15.3 Å². The Morgan fingerprint density at radius 1 is 1.11 bits per heavy atom. The molecule has 0 aliphatic heterocycles. The second-order valence-corrected chi connectivity index (χ2v) is 6.71. The molecule has 3 aromatic heterocycles. The van der Waals surface area contributed by atoms with Crippen molar-refractivity contribution in [1.29, 1.82) is 0 Å². The van der Waals surface area contributed by atoms with Crippen LogP contribution in [0.5, 0.6) is 0 Å². The molecule has 3 heterocycles. The van der Waals surface area contributed by atoms with Crippen molar-refractivity contribution in [2.24, 2.45) is 0 Å². The number of imidazole rings is 1. The van der Waals surface area contributed by atoms with E-state index in [-0.39, 0.29) is 11.9 Å². The van der Waals surface area contributed by atoms with Crippen LogP contribution in [0.4, 0.5) is 0 Å². The van der Waals surface area contributed by atoms with Gasteiger partial charge in [0.1, 0.15) is 11.4 Å². The summed E-state index contributed by atoms with van der Waals surface area (Å²) in [5.74, 6) is 0.434. The van der Waals surface area contributed by atoms with Gasteiger partial charge in [-0.05, 0) is 60.9 Å². The third-order valence-electron chi connectivity index (χ3n) is 4.80. The van der Waals surface area contributed by atoms with Crippen LogP contribution in [0.25, 0.3) is 11.7 Å². The van der Waals surface area contributed by atoms with Crippen molar-refractivity contribution < 1.29 is 9.21 Å². The van der Waals surface area contributed by atoms with E-state index in [0.717, 1.165) is 28.0 Å². The molecular weight excluding hydrogens is 350 g/mol. The zero-order valence-corrected chi connectivity index (χ0v) is 15.8. The predicted octanol–water partition coefficient (Wildman–Crippen LogP) is 4.46. The Balaban J connectivity index is 1.75. The molecule has 1 atom stereocenters. The SMILES string of the molecule is Cc1cccc(C)c1C(NC(=O)C=Cc1ccco1)c1cnc2ccccn12. The minimum absolute atomic E-state index is 0.199. The molecule has 0 aliphatic carbocycles. The number of rotatable bonds is 5. The molecule has 0 radical (unpaired) electrons. The fourth-order valence-electron chi connectivity index (χ4n) is 3.48. The van der Waals surface area contributed by atoms with Crippen LogP contribution >= 0.6 is 0 Å². The van der Waals surface area contributed by atoms with Crippen LogP contribution in [0.3, 0.4) is 0 Å². The molecule has 0 aliphatic rings. The van der Waals surface area contributed by atoms with Crippen LogP contribution in [0.15, 0.2) is 77.7 Å². The van der Waals surface area contributed by atoms with Crippen LogP contribution in [0.1, 0.15) is 34.2 Å². The third-order valence-corrected chi connectivity index (χ3v) is 4.80. The Labute approximate surface area is 163 Å². The summed E-state index contributed by atoms with van der Waals surface area (Å²) in [6.45, 7) is 4.12. The number of fused-ring (bicyclic) bond motifs is 1. The molecule has 4 aromatic rings. The van der Waals surface area contributed by atoms with Gasteiger partial charge in [-0.3, -0.25) is 4.79 Å². The van der Waals surface area contributed by atoms with Crippen molar-refractivity contribution in [2.75, 3.05) is 0 Å². The molecule has 0 saturated carbocycles. The van der Waals surface area contributed by atoms with Gasteiger partial charge in [0.25, 0.3) is 0 Å². The van der Waals surface area contributed by atoms with Crippen molar-refractivity contribution >= 4 is 17.6 Å². The van der Waals surface area contributed by atoms with Gasteiger partial charge in [0.05, 0.1) is 24.2 Å². The summed E-state index contributed by atoms with van der Waals surface area (Å²) in [5.41, 5.74) is 5.06. The number of benzene rings is 1. The number of amides is 1. The van der Waals surface area contributed by atoms with Gasteiger partial charge in [-0.15, -0.1) is 0 Å². The van der Waals surface area contributed by atoms with Gasteiger partial charge in [-0.25, -0.2) is 4.98 Å². The highest BCUT2D eigenvalue weighted by molar-refractivity contribution is 5.92. The van der Waals surface area contributed by atoms with Crippen molar-refractivity contribution in [3.8, 4) is 0 Å². The van der Waals surface area contributed by atoms with Gasteiger partial charge in [0.2, 0.25) is 5.91 Å². The predicted molar refractivity (Wildman–Crippen MR) is 109 cm³/mol. The van der Waals surface area contributed by atoms with E-state index in [1.165, 1.54) is 6.08 Å². The zero-order valence-electron chi connectivity index (χ0n) is 15.8. The van der Waals surface area contributed by atoms with E-state index < -0.39 is 0 Å². The minimum Gasteiger partial charge on any atom is -0.465 e. The van der Waals surface area contributed by atoms with E-state index >= 15 is 0 Å². The van der Waals surface area contributed by atoms with Gasteiger partial charge < -0.3 is 14.1 Å². The Bertz CT molecular complexity index is 1120. The smallest absolute Gasteiger partial charge is 0.244 e. The van der Waals surface area contributed by atoms with Gasteiger partial charge in [0, 0.05) is 12.3 Å². The molecule has 1 amide bonds. The number of furan rings is 1. The molecule has 5 nitrogen and oxygen atoms in total. The summed E-state index contributed by atoms with van der Waals surface area (Å²) >= 11 is 0. The lowest BCUT2D eigenvalue weighted by Crippen LogP contribution is -2.29. The number of aromatic nitrogens is 2. The molecule has 0 spiro atoms. The fraction of sp³-hybridized carbons (Fsp3) is 0.130. The van der Waals surface area contributed by atoms with Crippen molar-refractivity contribution in [3.05, 3.63) is 101 Å². The quantitative estimate of drug-likeness (QED) is 0.527. The maximum absolute atomic E-state index is 12.7. The molecule has 1 aromatic carbocycles. The Kier molecular flexibility index (Phi) is 4.81. The van der Waals surface area contributed by atoms with E-state index in [9.17, 15) is 4.79 Å². The first-order valence-electron chi connectivity index (χ1n) is 9.13. The van der Waals surface area contributed by atoms with Crippen molar-refractivity contribution in [3.63, 3.8) is 0 Å². The first-order chi connectivity index (χ1) is 13.6. The second kappa shape index (κ2) is 7.56. The Morgan fingerprint density at radius 3 is 2.68 bits per heavy atom. The lowest BCUT2D eigenvalue weighted by molar-refractivity contribution is -0.116. The highest BCUT2D eigenvalue weighted by atomic mass is 16.3. The lowest BCUT2D eigenvalue weighted by Gasteiger charge is -2.22. The van der Waals surface area contributed by atoms with Gasteiger partial charge in [0.15, 0.2) is 0 Å². The van der Waals surface area contributed by atoms with E-state index in [0.29, 0.717) is 5.76 Å². The number of pyridine rings is 1. The molecule has 0 bridgehead atoms. The van der Waals surface area contributed by atoms with E-state index in [2.05, 4.69) is 36.3 Å². The number of hydrogen-bond donors (Lipinski definition) is 1. The van der Waals surface area contributed by atoms with Crippen molar-refractivity contribution in [2.45, 2.75) is 19.9 Å². The van der Waals surface area contributed by atoms with Crippen LogP contribution in [-0.2, 0) is 4.79 Å². The Morgan fingerprint density at radius 2 is 1.93 bits per heavy atom. The number of carbonyl (C=O) groups excluding carboxylic acids is 1. The second-order valence-electron chi connectivity index (χ2n) is 6.71. The number of carbonyl (C=O) groups is 1. The average Bonchev–Trinajstić information content (AvgIpc) is 3.35. The number of hydrogen-bond acceptors (Lipinski definition) is 3. The van der Waals surface area contributed by atoms with E-state index in [1.54, 1.807) is 24.5 Å². The maximum Gasteiger partial charge on any atom is 0.244 e. The fourth-order valence-corrected chi connectivity index (χ4v) is 3.48. The first-order valence-corrected chi connectivity index (χ1v) is 9.13. The molecule has 140 valence electrons. The third kappa shape index (κ3) is 3.47. The zero-order chi connectivity index (χ0) is 19.5. The standard InChI is InChI=1S/C23H21N3O2/c1-16-7-5-8-17(2)22(16)23(19-15-24-20-10-3-4-13-26(19)20)25-21(27)12-11-18-9-6-14-28-18/h3-15,23H,1-2H3,(H,25,27). The van der Waals surface area contributed by atoms with Crippen LogP contribution in [0, 0.1) is 13.8 Å². The van der Waals surface area contributed by atoms with Gasteiger partial charge in [-0.1, -0.05) is 24.3 Å². The molecule has 5 heteroatoms. The van der Waals surface area contributed by atoms with Crippen LogP contribution in [0.2, 0.25) is 0 Å². The highest BCUT2D eigenvalue weighted by Crippen LogP contribution is 2.28. The van der Waals surface area contributed by atoms with Gasteiger partial charge in [-0.2, -0.15) is 0 Å². The van der Waals surface area contributed by atoms with E-state index in [1.807, 2.05) is 41.1 Å². The topological polar surface area (TPSA) is 59.5 Å². The number of aryl methyl sites for hydroxylation is 2. The minimum atomic E-state index is -0.327. The maximum atomic E-state index is 12.7. The first kappa shape index (κ1) is 17.8. The lowest BCUT2D eigenvalue weighted by atomic mass is 9.94. The summed E-state index contributed by atoms with van der Waals surface area (Å²) in [5, 5.41) is 3.14. The molecule has 28 heavy (non-hydrogen) atoms. The number of nitrogens with one attached hydrogen (secondary N) is 1.